The standard InChI is InChI=1S/C53H31N3O/c1-2-11-34(12-3-1)51-54-52(35-27-25-32(26-28-35)36-29-30-40-41-19-6-13-33-14-7-20-43(49(33)41)46(40)31-36)56-53(55-51)44-22-9-16-37-38(17-8-18-39(37)44)42-21-10-24-48-50(42)45-15-4-5-23-47(45)57-48/h1-31H. The molecule has 0 N–H and O–H groups in total. The van der Waals surface area contributed by atoms with Gasteiger partial charge in [-0.3, -0.25) is 0 Å². The lowest BCUT2D eigenvalue weighted by Crippen LogP contribution is -2.00. The van der Waals surface area contributed by atoms with Gasteiger partial charge in [-0.25, -0.2) is 15.0 Å². The van der Waals surface area contributed by atoms with Crippen LogP contribution in [-0.4, -0.2) is 15.0 Å². The van der Waals surface area contributed by atoms with Crippen molar-refractivity contribution in [2.24, 2.45) is 0 Å². The minimum absolute atomic E-state index is 0.629. The lowest BCUT2D eigenvalue weighted by Gasteiger charge is -2.13. The maximum atomic E-state index is 6.28. The number of fused-ring (bicyclic) bond motifs is 7. The van der Waals surface area contributed by atoms with Crippen LogP contribution in [0.2, 0.25) is 0 Å². The molecule has 0 fully saturated rings. The molecule has 0 spiro atoms. The molecule has 264 valence electrons. The molecule has 0 saturated carbocycles. The molecule has 4 nitrogen and oxygen atoms in total. The predicted octanol–water partition coefficient (Wildman–Crippen LogP) is 14.1. The Morgan fingerprint density at radius 3 is 1.60 bits per heavy atom. The van der Waals surface area contributed by atoms with Gasteiger partial charge in [0.15, 0.2) is 17.5 Å². The average Bonchev–Trinajstić information content (AvgIpc) is 3.83. The van der Waals surface area contributed by atoms with Gasteiger partial charge >= 0.3 is 0 Å². The molecule has 57 heavy (non-hydrogen) atoms. The van der Waals surface area contributed by atoms with Gasteiger partial charge in [-0.1, -0.05) is 170 Å². The third kappa shape index (κ3) is 4.98. The number of hydrogen-bond acceptors (Lipinski definition) is 4. The van der Waals surface area contributed by atoms with Crippen molar-refractivity contribution < 1.29 is 4.42 Å². The maximum Gasteiger partial charge on any atom is 0.164 e. The highest BCUT2D eigenvalue weighted by Gasteiger charge is 2.22. The highest BCUT2D eigenvalue weighted by Crippen LogP contribution is 2.48. The zero-order valence-electron chi connectivity index (χ0n) is 30.6. The number of rotatable bonds is 5. The molecular formula is C53H31N3O. The van der Waals surface area contributed by atoms with Crippen molar-refractivity contribution in [2.45, 2.75) is 0 Å². The zero-order valence-corrected chi connectivity index (χ0v) is 30.6. The van der Waals surface area contributed by atoms with E-state index in [-0.39, 0.29) is 0 Å². The molecule has 1 aliphatic carbocycles. The Hall–Kier alpha value is -7.69. The first-order chi connectivity index (χ1) is 28.2. The van der Waals surface area contributed by atoms with Gasteiger partial charge in [-0.15, -0.1) is 0 Å². The summed E-state index contributed by atoms with van der Waals surface area (Å²) in [4.78, 5) is 15.4. The summed E-state index contributed by atoms with van der Waals surface area (Å²) in [6.07, 6.45) is 0. The maximum absolute atomic E-state index is 6.28. The van der Waals surface area contributed by atoms with Crippen LogP contribution in [0.15, 0.2) is 192 Å². The number of nitrogens with zero attached hydrogens (tertiary/aromatic N) is 3. The molecule has 12 rings (SSSR count). The van der Waals surface area contributed by atoms with Crippen molar-refractivity contribution in [3.8, 4) is 78.7 Å². The second-order valence-electron chi connectivity index (χ2n) is 14.7. The van der Waals surface area contributed by atoms with Gasteiger partial charge < -0.3 is 4.42 Å². The first-order valence-corrected chi connectivity index (χ1v) is 19.3. The van der Waals surface area contributed by atoms with Crippen LogP contribution in [-0.2, 0) is 0 Å². The topological polar surface area (TPSA) is 51.8 Å². The minimum atomic E-state index is 0.629. The molecule has 2 heterocycles. The Balaban J connectivity index is 0.973. The second kappa shape index (κ2) is 12.4. The monoisotopic (exact) mass is 725 g/mol. The van der Waals surface area contributed by atoms with Crippen molar-refractivity contribution in [1.29, 1.82) is 0 Å². The SMILES string of the molecule is c1ccc(-c2nc(-c3ccc(-c4ccc5c(c4)-c4cccc6cccc-5c46)cc3)nc(-c3cccc4c(-c5cccc6oc7ccccc7c56)cccc34)n2)cc1. The van der Waals surface area contributed by atoms with Crippen LogP contribution in [0.1, 0.15) is 0 Å². The fourth-order valence-corrected chi connectivity index (χ4v) is 8.86. The molecule has 11 aromatic rings. The van der Waals surface area contributed by atoms with E-state index >= 15 is 0 Å². The Labute approximate surface area is 328 Å². The molecule has 0 saturated heterocycles. The zero-order chi connectivity index (χ0) is 37.5. The van der Waals surface area contributed by atoms with Crippen LogP contribution in [0.4, 0.5) is 0 Å². The lowest BCUT2D eigenvalue weighted by atomic mass is 9.93. The highest BCUT2D eigenvalue weighted by molar-refractivity contribution is 6.17. The third-order valence-electron chi connectivity index (χ3n) is 11.5. The van der Waals surface area contributed by atoms with E-state index in [0.717, 1.165) is 66.1 Å². The second-order valence-corrected chi connectivity index (χ2v) is 14.7. The summed E-state index contributed by atoms with van der Waals surface area (Å²) in [5.74, 6) is 1.89. The molecule has 4 heteroatoms. The van der Waals surface area contributed by atoms with Crippen LogP contribution in [0.3, 0.4) is 0 Å². The Bertz CT molecular complexity index is 3400. The Kier molecular flexibility index (Phi) is 6.89. The van der Waals surface area contributed by atoms with Gasteiger partial charge in [-0.2, -0.15) is 0 Å². The van der Waals surface area contributed by atoms with Crippen LogP contribution in [0, 0.1) is 0 Å². The number of furan rings is 1. The van der Waals surface area contributed by atoms with E-state index in [9.17, 15) is 0 Å². The fourth-order valence-electron chi connectivity index (χ4n) is 8.86. The van der Waals surface area contributed by atoms with Crippen molar-refractivity contribution in [2.75, 3.05) is 0 Å². The minimum Gasteiger partial charge on any atom is -0.456 e. The average molecular weight is 726 g/mol. The molecule has 0 aliphatic heterocycles. The van der Waals surface area contributed by atoms with E-state index in [1.54, 1.807) is 0 Å². The number of aromatic nitrogens is 3. The number of benzene rings is 9. The van der Waals surface area contributed by atoms with Crippen molar-refractivity contribution in [1.82, 2.24) is 15.0 Å². The molecular weight excluding hydrogens is 695 g/mol. The van der Waals surface area contributed by atoms with Gasteiger partial charge in [0.1, 0.15) is 11.2 Å². The van der Waals surface area contributed by atoms with E-state index in [2.05, 4.69) is 152 Å². The van der Waals surface area contributed by atoms with Gasteiger partial charge in [-0.05, 0) is 84.3 Å². The molecule has 0 bridgehead atoms. The van der Waals surface area contributed by atoms with Gasteiger partial charge in [0, 0.05) is 27.5 Å². The van der Waals surface area contributed by atoms with Crippen LogP contribution in [0.5, 0.6) is 0 Å². The Morgan fingerprint density at radius 1 is 0.281 bits per heavy atom. The van der Waals surface area contributed by atoms with Gasteiger partial charge in [0.2, 0.25) is 0 Å². The van der Waals surface area contributed by atoms with Crippen LogP contribution < -0.4 is 0 Å². The van der Waals surface area contributed by atoms with Gasteiger partial charge in [0.25, 0.3) is 0 Å². The van der Waals surface area contributed by atoms with E-state index < -0.39 is 0 Å². The first-order valence-electron chi connectivity index (χ1n) is 19.3. The molecule has 0 atom stereocenters. The summed E-state index contributed by atoms with van der Waals surface area (Å²) in [6.45, 7) is 0. The van der Waals surface area contributed by atoms with Crippen LogP contribution >= 0.6 is 0 Å². The lowest BCUT2D eigenvalue weighted by molar-refractivity contribution is 0.669. The quantitative estimate of drug-likeness (QED) is 0.177. The molecule has 0 radical (unpaired) electrons. The first kappa shape index (κ1) is 31.6. The van der Waals surface area contributed by atoms with Crippen LogP contribution in [0.25, 0.3) is 122 Å². The van der Waals surface area contributed by atoms with Crippen molar-refractivity contribution in [3.63, 3.8) is 0 Å². The number of para-hydroxylation sites is 1. The highest BCUT2D eigenvalue weighted by atomic mass is 16.3. The summed E-state index contributed by atoms with van der Waals surface area (Å²) >= 11 is 0. The van der Waals surface area contributed by atoms with E-state index in [1.165, 1.54) is 38.6 Å². The third-order valence-corrected chi connectivity index (χ3v) is 11.5. The molecule has 9 aromatic carbocycles. The predicted molar refractivity (Wildman–Crippen MR) is 234 cm³/mol. The normalized spacial score (nSPS) is 11.9. The van der Waals surface area contributed by atoms with E-state index in [0.29, 0.717) is 17.5 Å². The molecule has 1 aliphatic rings. The molecule has 2 aromatic heterocycles. The largest absolute Gasteiger partial charge is 0.456 e. The van der Waals surface area contributed by atoms with Gasteiger partial charge in [0.05, 0.1) is 0 Å². The Morgan fingerprint density at radius 2 is 0.807 bits per heavy atom. The molecule has 0 amide bonds. The summed E-state index contributed by atoms with van der Waals surface area (Å²) in [6, 6.07) is 66.2. The fraction of sp³-hybridized carbons (Fsp3) is 0. The number of hydrogen-bond donors (Lipinski definition) is 0. The van der Waals surface area contributed by atoms with Crippen molar-refractivity contribution in [3.05, 3.63) is 188 Å². The van der Waals surface area contributed by atoms with Crippen molar-refractivity contribution >= 4 is 43.5 Å². The van der Waals surface area contributed by atoms with E-state index in [4.69, 9.17) is 19.4 Å². The summed E-state index contributed by atoms with van der Waals surface area (Å²) in [7, 11) is 0. The molecule has 0 unspecified atom stereocenters. The summed E-state index contributed by atoms with van der Waals surface area (Å²) in [5.41, 5.74) is 14.3. The summed E-state index contributed by atoms with van der Waals surface area (Å²) < 4.78 is 6.28. The summed E-state index contributed by atoms with van der Waals surface area (Å²) in [5, 5.41) is 7.04. The smallest absolute Gasteiger partial charge is 0.164 e. The van der Waals surface area contributed by atoms with E-state index in [1.807, 2.05) is 36.4 Å².